The van der Waals surface area contributed by atoms with Gasteiger partial charge in [-0.2, -0.15) is 13.2 Å². The molecule has 2 aliphatic rings. The summed E-state index contributed by atoms with van der Waals surface area (Å²) in [5.74, 6) is -0.668. The Hall–Kier alpha value is -2.56. The smallest absolute Gasteiger partial charge is 0.366 e. The van der Waals surface area contributed by atoms with Gasteiger partial charge in [-0.25, -0.2) is 4.79 Å². The maximum atomic E-state index is 13.0. The van der Waals surface area contributed by atoms with E-state index in [4.69, 9.17) is 11.6 Å². The summed E-state index contributed by atoms with van der Waals surface area (Å²) in [5.41, 5.74) is -3.05. The Morgan fingerprint density at radius 3 is 2.36 bits per heavy atom. The monoisotopic (exact) mass is 420 g/mol. The van der Waals surface area contributed by atoms with Crippen LogP contribution in [0.2, 0.25) is 5.02 Å². The molecular formula is C16H16ClF3N4O4. The molecule has 1 aromatic carbocycles. The fourth-order valence-electron chi connectivity index (χ4n) is 3.71. The van der Waals surface area contributed by atoms with E-state index >= 15 is 0 Å². The Balaban J connectivity index is 1.84. The SMILES string of the molecule is C[C@@]1(C2CCN(c3cc(Cl)c(C(F)(F)F)cc3[N+](=O)[O-])CC2)NC(=O)NC1=O. The molecule has 0 unspecified atom stereocenters. The van der Waals surface area contributed by atoms with Crippen molar-refractivity contribution in [1.82, 2.24) is 10.6 Å². The van der Waals surface area contributed by atoms with Crippen LogP contribution < -0.4 is 15.5 Å². The molecule has 1 aromatic rings. The Morgan fingerprint density at radius 2 is 1.89 bits per heavy atom. The lowest BCUT2D eigenvalue weighted by Crippen LogP contribution is -2.53. The first kappa shape index (κ1) is 20.2. The van der Waals surface area contributed by atoms with Gasteiger partial charge < -0.3 is 10.2 Å². The molecule has 8 nitrogen and oxygen atoms in total. The van der Waals surface area contributed by atoms with Crippen LogP contribution in [0.15, 0.2) is 12.1 Å². The average Bonchev–Trinajstić information content (AvgIpc) is 2.86. The number of piperidine rings is 1. The number of carbonyl (C=O) groups is 2. The van der Waals surface area contributed by atoms with Gasteiger partial charge in [0.2, 0.25) is 0 Å². The number of rotatable bonds is 3. The summed E-state index contributed by atoms with van der Waals surface area (Å²) in [6.07, 6.45) is -4.00. The standard InChI is InChI=1S/C16H16ClF3N4O4/c1-15(13(25)21-14(26)22-15)8-2-4-23(5-3-8)11-7-10(17)9(16(18,19)20)6-12(11)24(27)28/h6-8H,2-5H2,1H3,(H2,21,22,25,26)/t15-/m0/s1. The van der Waals surface area contributed by atoms with Gasteiger partial charge in [-0.3, -0.25) is 20.2 Å². The van der Waals surface area contributed by atoms with Gasteiger partial charge in [0.25, 0.3) is 11.6 Å². The quantitative estimate of drug-likeness (QED) is 0.444. The van der Waals surface area contributed by atoms with Crippen LogP contribution in [-0.2, 0) is 11.0 Å². The summed E-state index contributed by atoms with van der Waals surface area (Å²) < 4.78 is 39.0. The zero-order valence-electron chi connectivity index (χ0n) is 14.6. The Bertz CT molecular complexity index is 855. The topological polar surface area (TPSA) is 105 Å². The summed E-state index contributed by atoms with van der Waals surface area (Å²) in [7, 11) is 0. The summed E-state index contributed by atoms with van der Waals surface area (Å²) in [5, 5.41) is 15.5. The minimum atomic E-state index is -4.81. The van der Waals surface area contributed by atoms with Gasteiger partial charge in [-0.05, 0) is 31.7 Å². The van der Waals surface area contributed by atoms with Crippen molar-refractivity contribution in [2.75, 3.05) is 18.0 Å². The van der Waals surface area contributed by atoms with Crippen molar-refractivity contribution < 1.29 is 27.7 Å². The number of imide groups is 1. The van der Waals surface area contributed by atoms with Crippen molar-refractivity contribution in [1.29, 1.82) is 0 Å². The first-order valence-corrected chi connectivity index (χ1v) is 8.75. The van der Waals surface area contributed by atoms with Gasteiger partial charge in [-0.15, -0.1) is 0 Å². The fraction of sp³-hybridized carbons (Fsp3) is 0.500. The summed E-state index contributed by atoms with van der Waals surface area (Å²) in [6, 6.07) is 0.810. The van der Waals surface area contributed by atoms with Crippen molar-refractivity contribution >= 4 is 34.9 Å². The maximum Gasteiger partial charge on any atom is 0.418 e. The van der Waals surface area contributed by atoms with Crippen molar-refractivity contribution in [2.24, 2.45) is 5.92 Å². The molecule has 0 saturated carbocycles. The third-order valence-electron chi connectivity index (χ3n) is 5.29. The number of urea groups is 1. The first-order chi connectivity index (χ1) is 12.9. The summed E-state index contributed by atoms with van der Waals surface area (Å²) >= 11 is 5.73. The lowest BCUT2D eigenvalue weighted by Gasteiger charge is -2.39. The molecule has 0 aromatic heterocycles. The predicted molar refractivity (Wildman–Crippen MR) is 93.1 cm³/mol. The van der Waals surface area contributed by atoms with Gasteiger partial charge in [0, 0.05) is 19.2 Å². The van der Waals surface area contributed by atoms with Crippen molar-refractivity contribution in [3.05, 3.63) is 32.8 Å². The van der Waals surface area contributed by atoms with E-state index in [1.165, 1.54) is 0 Å². The summed E-state index contributed by atoms with van der Waals surface area (Å²) in [4.78, 5) is 35.5. The largest absolute Gasteiger partial charge is 0.418 e. The number of nitrogens with zero attached hydrogens (tertiary/aromatic N) is 2. The molecule has 0 bridgehead atoms. The van der Waals surface area contributed by atoms with E-state index in [9.17, 15) is 32.9 Å². The molecule has 0 radical (unpaired) electrons. The molecule has 2 fully saturated rings. The molecule has 2 aliphatic heterocycles. The van der Waals surface area contributed by atoms with Crippen LogP contribution in [0.1, 0.15) is 25.3 Å². The van der Waals surface area contributed by atoms with Gasteiger partial charge in [0.05, 0.1) is 15.5 Å². The van der Waals surface area contributed by atoms with Crippen LogP contribution in [-0.4, -0.2) is 35.5 Å². The molecular weight excluding hydrogens is 405 g/mol. The Labute approximate surface area is 162 Å². The molecule has 2 heterocycles. The average molecular weight is 421 g/mol. The van der Waals surface area contributed by atoms with Gasteiger partial charge in [0.15, 0.2) is 0 Å². The fourth-order valence-corrected chi connectivity index (χ4v) is 3.98. The highest BCUT2D eigenvalue weighted by atomic mass is 35.5. The molecule has 3 amide bonds. The number of carbonyl (C=O) groups excluding carboxylic acids is 2. The molecule has 152 valence electrons. The van der Waals surface area contributed by atoms with Gasteiger partial charge in [-0.1, -0.05) is 11.6 Å². The van der Waals surface area contributed by atoms with Crippen molar-refractivity contribution in [2.45, 2.75) is 31.5 Å². The molecule has 12 heteroatoms. The lowest BCUT2D eigenvalue weighted by atomic mass is 9.79. The lowest BCUT2D eigenvalue weighted by molar-refractivity contribution is -0.384. The number of halogens is 4. The van der Waals surface area contributed by atoms with Crippen LogP contribution in [0.3, 0.4) is 0 Å². The summed E-state index contributed by atoms with van der Waals surface area (Å²) in [6.45, 7) is 2.11. The molecule has 2 N–H and O–H groups in total. The number of alkyl halides is 3. The highest BCUT2D eigenvalue weighted by Crippen LogP contribution is 2.43. The van der Waals surface area contributed by atoms with Crippen LogP contribution in [0, 0.1) is 16.0 Å². The number of nitro groups is 1. The highest BCUT2D eigenvalue weighted by Gasteiger charge is 2.49. The van der Waals surface area contributed by atoms with Crippen molar-refractivity contribution in [3.63, 3.8) is 0 Å². The second kappa shape index (κ2) is 6.80. The highest BCUT2D eigenvalue weighted by molar-refractivity contribution is 6.31. The second-order valence-corrected chi connectivity index (χ2v) is 7.35. The van der Waals surface area contributed by atoms with Crippen molar-refractivity contribution in [3.8, 4) is 0 Å². The number of hydrogen-bond acceptors (Lipinski definition) is 5. The Morgan fingerprint density at radius 1 is 1.29 bits per heavy atom. The third kappa shape index (κ3) is 3.46. The van der Waals surface area contributed by atoms with E-state index in [0.29, 0.717) is 18.9 Å². The second-order valence-electron chi connectivity index (χ2n) is 6.95. The van der Waals surface area contributed by atoms with E-state index in [-0.39, 0.29) is 24.7 Å². The van der Waals surface area contributed by atoms with Crippen LogP contribution in [0.5, 0.6) is 0 Å². The molecule has 2 saturated heterocycles. The number of anilines is 1. The number of nitrogens with one attached hydrogen (secondary N) is 2. The van der Waals surface area contributed by atoms with E-state index in [1.54, 1.807) is 11.8 Å². The third-order valence-corrected chi connectivity index (χ3v) is 5.60. The number of hydrogen-bond donors (Lipinski definition) is 2. The normalized spacial score (nSPS) is 23.5. The van der Waals surface area contributed by atoms with Gasteiger partial charge in [0.1, 0.15) is 11.2 Å². The van der Waals surface area contributed by atoms with Gasteiger partial charge >= 0.3 is 12.2 Å². The molecule has 0 spiro atoms. The van der Waals surface area contributed by atoms with Crippen LogP contribution >= 0.6 is 11.6 Å². The molecule has 1 atom stereocenters. The minimum absolute atomic E-state index is 0.00786. The number of nitro benzene ring substituents is 1. The Kier molecular flexibility index (Phi) is 4.90. The van der Waals surface area contributed by atoms with Crippen LogP contribution in [0.4, 0.5) is 29.3 Å². The number of amides is 3. The van der Waals surface area contributed by atoms with E-state index in [0.717, 1.165) is 6.07 Å². The molecule has 3 rings (SSSR count). The molecule has 0 aliphatic carbocycles. The first-order valence-electron chi connectivity index (χ1n) is 8.37. The molecule has 28 heavy (non-hydrogen) atoms. The minimum Gasteiger partial charge on any atom is -0.366 e. The predicted octanol–water partition coefficient (Wildman–Crippen LogP) is 3.08. The van der Waals surface area contributed by atoms with E-state index in [2.05, 4.69) is 10.6 Å². The zero-order valence-corrected chi connectivity index (χ0v) is 15.4. The van der Waals surface area contributed by atoms with E-state index in [1.807, 2.05) is 0 Å². The maximum absolute atomic E-state index is 13.0. The number of benzene rings is 1. The zero-order chi connectivity index (χ0) is 20.9. The van der Waals surface area contributed by atoms with Crippen LogP contribution in [0.25, 0.3) is 0 Å². The van der Waals surface area contributed by atoms with E-state index < -0.39 is 44.9 Å².